The average Bonchev–Trinajstić information content (AvgIpc) is 2.82. The minimum absolute atomic E-state index is 0.0415. The first kappa shape index (κ1) is 9.64. The van der Waals surface area contributed by atoms with Crippen LogP contribution in [0.4, 0.5) is 13.2 Å². The van der Waals surface area contributed by atoms with Crippen molar-refractivity contribution in [2.75, 3.05) is 6.61 Å². The maximum atomic E-state index is 12.0. The maximum Gasteiger partial charge on any atom is 0.453 e. The van der Waals surface area contributed by atoms with Crippen LogP contribution in [0, 0.1) is 11.8 Å². The fourth-order valence-corrected chi connectivity index (χ4v) is 1.63. The van der Waals surface area contributed by atoms with Crippen molar-refractivity contribution in [3.63, 3.8) is 0 Å². The molecule has 1 saturated heterocycles. The second kappa shape index (κ2) is 2.79. The Hall–Kier alpha value is -0.910. The Morgan fingerprint density at radius 1 is 1.43 bits per heavy atom. The van der Waals surface area contributed by atoms with Gasteiger partial charge < -0.3 is 4.74 Å². The highest BCUT2D eigenvalue weighted by Gasteiger charge is 2.56. The number of alkyl halides is 3. The van der Waals surface area contributed by atoms with E-state index < -0.39 is 23.8 Å². The van der Waals surface area contributed by atoms with Gasteiger partial charge in [-0.05, 0) is 12.3 Å². The van der Waals surface area contributed by atoms with Crippen LogP contribution in [0.25, 0.3) is 0 Å². The van der Waals surface area contributed by atoms with E-state index in [-0.39, 0.29) is 18.4 Å². The minimum atomic E-state index is -4.98. The molecule has 0 aromatic heterocycles. The molecule has 2 aliphatic rings. The van der Waals surface area contributed by atoms with Crippen LogP contribution in [0.1, 0.15) is 6.42 Å². The fraction of sp³-hybridized carbons (Fsp3) is 0.750. The van der Waals surface area contributed by atoms with Crippen LogP contribution in [-0.4, -0.2) is 30.5 Å². The van der Waals surface area contributed by atoms with Crippen molar-refractivity contribution in [3.8, 4) is 0 Å². The summed E-state index contributed by atoms with van der Waals surface area (Å²) in [6.07, 6.45) is -6.33. The number of hydrogen-bond donors (Lipinski definition) is 0. The van der Waals surface area contributed by atoms with Crippen LogP contribution in [-0.2, 0) is 14.3 Å². The first-order chi connectivity index (χ1) is 6.41. The highest BCUT2D eigenvalue weighted by Crippen LogP contribution is 2.44. The zero-order chi connectivity index (χ0) is 10.5. The van der Waals surface area contributed by atoms with Gasteiger partial charge in [0.15, 0.2) is 11.9 Å². The molecule has 2 fully saturated rings. The number of hydrogen-bond acceptors (Lipinski definition) is 3. The zero-order valence-electron chi connectivity index (χ0n) is 7.00. The van der Waals surface area contributed by atoms with Gasteiger partial charge >= 0.3 is 6.18 Å². The number of ketones is 2. The number of halogens is 3. The molecule has 2 rings (SSSR count). The molecule has 0 N–H and O–H groups in total. The van der Waals surface area contributed by atoms with E-state index in [1.807, 2.05) is 0 Å². The molecule has 1 saturated carbocycles. The lowest BCUT2D eigenvalue weighted by Gasteiger charge is -2.20. The molecule has 3 nitrogen and oxygen atoms in total. The van der Waals surface area contributed by atoms with E-state index in [0.29, 0.717) is 6.42 Å². The van der Waals surface area contributed by atoms with Crippen molar-refractivity contribution in [3.05, 3.63) is 0 Å². The summed E-state index contributed by atoms with van der Waals surface area (Å²) in [5.41, 5.74) is 0. The number of carbonyl (C=O) groups excluding carboxylic acids is 2. The molecule has 0 spiro atoms. The number of ether oxygens (including phenoxy) is 1. The SMILES string of the molecule is O=C1[C@H](C(=O)C(F)(F)F)OC[C@H]2C[C@H]12. The lowest BCUT2D eigenvalue weighted by Crippen LogP contribution is -2.45. The number of fused-ring (bicyclic) bond motifs is 1. The van der Waals surface area contributed by atoms with E-state index in [2.05, 4.69) is 4.74 Å². The Bertz CT molecular complexity index is 297. The zero-order valence-corrected chi connectivity index (χ0v) is 7.00. The monoisotopic (exact) mass is 208 g/mol. The average molecular weight is 208 g/mol. The van der Waals surface area contributed by atoms with E-state index >= 15 is 0 Å². The summed E-state index contributed by atoms with van der Waals surface area (Å²) in [6.45, 7) is 0.0862. The smallest absolute Gasteiger partial charge is 0.362 e. The van der Waals surface area contributed by atoms with Gasteiger partial charge in [-0.3, -0.25) is 9.59 Å². The molecule has 14 heavy (non-hydrogen) atoms. The van der Waals surface area contributed by atoms with Gasteiger partial charge in [-0.1, -0.05) is 0 Å². The minimum Gasteiger partial charge on any atom is -0.362 e. The first-order valence-electron chi connectivity index (χ1n) is 4.17. The Morgan fingerprint density at radius 3 is 2.64 bits per heavy atom. The third-order valence-electron chi connectivity index (χ3n) is 2.54. The predicted molar refractivity (Wildman–Crippen MR) is 37.4 cm³/mol. The van der Waals surface area contributed by atoms with E-state index in [1.165, 1.54) is 0 Å². The molecule has 3 atom stereocenters. The van der Waals surface area contributed by atoms with Crippen LogP contribution in [0.3, 0.4) is 0 Å². The van der Waals surface area contributed by atoms with E-state index in [1.54, 1.807) is 0 Å². The van der Waals surface area contributed by atoms with Gasteiger partial charge in [0.2, 0.25) is 0 Å². The Morgan fingerprint density at radius 2 is 2.07 bits per heavy atom. The summed E-state index contributed by atoms with van der Waals surface area (Å²) < 4.78 is 40.5. The second-order valence-corrected chi connectivity index (χ2v) is 3.58. The van der Waals surface area contributed by atoms with Crippen molar-refractivity contribution in [2.24, 2.45) is 11.8 Å². The highest BCUT2D eigenvalue weighted by atomic mass is 19.4. The van der Waals surface area contributed by atoms with Crippen molar-refractivity contribution < 1.29 is 27.5 Å². The van der Waals surface area contributed by atoms with Crippen LogP contribution in [0.15, 0.2) is 0 Å². The second-order valence-electron chi connectivity index (χ2n) is 3.58. The molecule has 0 unspecified atom stereocenters. The van der Waals surface area contributed by atoms with E-state index in [0.717, 1.165) is 0 Å². The van der Waals surface area contributed by atoms with E-state index in [4.69, 9.17) is 0 Å². The van der Waals surface area contributed by atoms with Crippen molar-refractivity contribution in [2.45, 2.75) is 18.7 Å². The van der Waals surface area contributed by atoms with Crippen molar-refractivity contribution in [1.82, 2.24) is 0 Å². The summed E-state index contributed by atoms with van der Waals surface area (Å²) in [5.74, 6) is -3.11. The third-order valence-corrected chi connectivity index (χ3v) is 2.54. The third kappa shape index (κ3) is 1.43. The molecule has 0 bridgehead atoms. The standard InChI is InChI=1S/C8H7F3O3/c9-8(10,11)7(13)6-5(12)4-1-3(4)2-14-6/h3-4,6H,1-2H2/t3-,4+,6-/m1/s1. The van der Waals surface area contributed by atoms with Gasteiger partial charge in [0.1, 0.15) is 0 Å². The summed E-state index contributed by atoms with van der Waals surface area (Å²) >= 11 is 0. The molecule has 78 valence electrons. The molecule has 1 heterocycles. The van der Waals surface area contributed by atoms with Gasteiger partial charge in [0, 0.05) is 5.92 Å². The Labute approximate surface area is 77.2 Å². The molecule has 0 amide bonds. The predicted octanol–water partition coefficient (Wildman–Crippen LogP) is 0.722. The van der Waals surface area contributed by atoms with Gasteiger partial charge in [0.05, 0.1) is 6.61 Å². The van der Waals surface area contributed by atoms with Crippen molar-refractivity contribution >= 4 is 11.6 Å². The Balaban J connectivity index is 2.11. The normalized spacial score (nSPS) is 36.5. The largest absolute Gasteiger partial charge is 0.453 e. The molecular formula is C8H7F3O3. The number of rotatable bonds is 1. The maximum absolute atomic E-state index is 12.0. The number of carbonyl (C=O) groups is 2. The van der Waals surface area contributed by atoms with Crippen LogP contribution in [0.5, 0.6) is 0 Å². The van der Waals surface area contributed by atoms with Crippen LogP contribution in [0.2, 0.25) is 0 Å². The molecule has 6 heteroatoms. The lowest BCUT2D eigenvalue weighted by molar-refractivity contribution is -0.186. The quantitative estimate of drug-likeness (QED) is 0.596. The Kier molecular flexibility index (Phi) is 1.92. The molecule has 0 radical (unpaired) electrons. The molecule has 1 aliphatic heterocycles. The van der Waals surface area contributed by atoms with Gasteiger partial charge in [-0.25, -0.2) is 0 Å². The summed E-state index contributed by atoms with van der Waals surface area (Å²) in [5, 5.41) is 0. The molecule has 1 aliphatic carbocycles. The van der Waals surface area contributed by atoms with Crippen molar-refractivity contribution in [1.29, 1.82) is 0 Å². The summed E-state index contributed by atoms with van der Waals surface area (Å²) in [6, 6.07) is 0. The van der Waals surface area contributed by atoms with Crippen LogP contribution < -0.4 is 0 Å². The summed E-state index contributed by atoms with van der Waals surface area (Å²) in [4.78, 5) is 21.9. The van der Waals surface area contributed by atoms with Crippen LogP contribution >= 0.6 is 0 Å². The van der Waals surface area contributed by atoms with E-state index in [9.17, 15) is 22.8 Å². The first-order valence-corrected chi connectivity index (χ1v) is 4.17. The topological polar surface area (TPSA) is 43.4 Å². The number of Topliss-reactive ketones (excluding diaryl/α,β-unsaturated/α-hetero) is 2. The lowest BCUT2D eigenvalue weighted by atomic mass is 10.0. The van der Waals surface area contributed by atoms with Gasteiger partial charge in [-0.15, -0.1) is 0 Å². The molecular weight excluding hydrogens is 201 g/mol. The highest BCUT2D eigenvalue weighted by molar-refractivity contribution is 6.09. The fourth-order valence-electron chi connectivity index (χ4n) is 1.63. The molecule has 0 aromatic carbocycles. The van der Waals surface area contributed by atoms with Gasteiger partial charge in [-0.2, -0.15) is 13.2 Å². The van der Waals surface area contributed by atoms with Gasteiger partial charge in [0.25, 0.3) is 5.78 Å². The summed E-state index contributed by atoms with van der Waals surface area (Å²) in [7, 11) is 0. The molecule has 0 aromatic rings.